The highest BCUT2D eigenvalue weighted by Crippen LogP contribution is 2.21. The molecule has 1 aromatic carbocycles. The van der Waals surface area contributed by atoms with Gasteiger partial charge in [0.1, 0.15) is 5.69 Å². The average molecular weight is 287 g/mol. The lowest BCUT2D eigenvalue weighted by atomic mass is 10.1. The summed E-state index contributed by atoms with van der Waals surface area (Å²) in [6.07, 6.45) is 2.11. The fourth-order valence-electron chi connectivity index (χ4n) is 2.00. The van der Waals surface area contributed by atoms with Crippen molar-refractivity contribution in [2.24, 2.45) is 7.05 Å². The van der Waals surface area contributed by atoms with Gasteiger partial charge in [-0.3, -0.25) is 14.3 Å². The van der Waals surface area contributed by atoms with E-state index in [1.807, 2.05) is 30.3 Å². The van der Waals surface area contributed by atoms with Gasteiger partial charge in [0, 0.05) is 31.8 Å². The van der Waals surface area contributed by atoms with Crippen LogP contribution in [-0.4, -0.2) is 33.3 Å². The van der Waals surface area contributed by atoms with Crippen LogP contribution < -0.4 is 5.32 Å². The average Bonchev–Trinajstić information content (AvgIpc) is 2.86. The van der Waals surface area contributed by atoms with Crippen molar-refractivity contribution in [3.8, 4) is 11.3 Å². The van der Waals surface area contributed by atoms with E-state index in [0.717, 1.165) is 5.56 Å². The zero-order valence-corrected chi connectivity index (χ0v) is 11.7. The van der Waals surface area contributed by atoms with E-state index < -0.39 is 5.97 Å². The number of nitrogens with one attached hydrogen (secondary N) is 1. The number of aromatic nitrogens is 2. The lowest BCUT2D eigenvalue weighted by Gasteiger charge is -2.04. The van der Waals surface area contributed by atoms with Gasteiger partial charge >= 0.3 is 5.97 Å². The van der Waals surface area contributed by atoms with Crippen molar-refractivity contribution < 1.29 is 14.7 Å². The Morgan fingerprint density at radius 3 is 2.67 bits per heavy atom. The summed E-state index contributed by atoms with van der Waals surface area (Å²) in [6.45, 7) is 0.328. The van der Waals surface area contributed by atoms with E-state index in [1.54, 1.807) is 17.9 Å². The highest BCUT2D eigenvalue weighted by atomic mass is 16.4. The number of nitrogens with zero attached hydrogens (tertiary/aromatic N) is 2. The highest BCUT2D eigenvalue weighted by molar-refractivity contribution is 5.99. The Bertz CT molecular complexity index is 635. The molecule has 0 unspecified atom stereocenters. The summed E-state index contributed by atoms with van der Waals surface area (Å²) in [5, 5.41) is 15.6. The van der Waals surface area contributed by atoms with Gasteiger partial charge in [-0.25, -0.2) is 0 Å². The number of aliphatic carboxylic acids is 1. The second-order valence-corrected chi connectivity index (χ2v) is 4.68. The normalized spacial score (nSPS) is 10.3. The Kier molecular flexibility index (Phi) is 4.71. The van der Waals surface area contributed by atoms with Crippen LogP contribution in [0.3, 0.4) is 0 Å². The van der Waals surface area contributed by atoms with Crippen LogP contribution in [0.2, 0.25) is 0 Å². The van der Waals surface area contributed by atoms with Crippen LogP contribution in [0.15, 0.2) is 36.5 Å². The number of benzene rings is 1. The molecule has 0 aliphatic carbocycles. The van der Waals surface area contributed by atoms with Gasteiger partial charge in [0.15, 0.2) is 0 Å². The Morgan fingerprint density at radius 1 is 1.29 bits per heavy atom. The van der Waals surface area contributed by atoms with Gasteiger partial charge in [-0.05, 0) is 6.42 Å². The standard InChI is InChI=1S/C15H17N3O3/c1-18-10-12(15(21)16-9-5-8-13(19)20)14(17-18)11-6-3-2-4-7-11/h2-4,6-7,10H,5,8-9H2,1H3,(H,16,21)(H,19,20). The largest absolute Gasteiger partial charge is 0.481 e. The van der Waals surface area contributed by atoms with Crippen LogP contribution in [0, 0.1) is 0 Å². The molecule has 21 heavy (non-hydrogen) atoms. The van der Waals surface area contributed by atoms with E-state index in [4.69, 9.17) is 5.11 Å². The molecule has 110 valence electrons. The minimum absolute atomic E-state index is 0.0405. The van der Waals surface area contributed by atoms with Crippen molar-refractivity contribution in [1.82, 2.24) is 15.1 Å². The molecule has 1 aromatic heterocycles. The van der Waals surface area contributed by atoms with Crippen molar-refractivity contribution in [2.75, 3.05) is 6.54 Å². The highest BCUT2D eigenvalue weighted by Gasteiger charge is 2.16. The number of carbonyl (C=O) groups excluding carboxylic acids is 1. The number of carbonyl (C=O) groups is 2. The SMILES string of the molecule is Cn1cc(C(=O)NCCCC(=O)O)c(-c2ccccc2)n1. The number of hydrogen-bond acceptors (Lipinski definition) is 3. The van der Waals surface area contributed by atoms with E-state index in [0.29, 0.717) is 24.2 Å². The van der Waals surface area contributed by atoms with Crippen molar-refractivity contribution in [1.29, 1.82) is 0 Å². The molecule has 6 heteroatoms. The van der Waals surface area contributed by atoms with Crippen LogP contribution in [0.4, 0.5) is 0 Å². The van der Waals surface area contributed by atoms with Crippen molar-refractivity contribution >= 4 is 11.9 Å². The molecule has 0 spiro atoms. The Morgan fingerprint density at radius 2 is 2.00 bits per heavy atom. The number of hydrogen-bond donors (Lipinski definition) is 2. The first-order valence-corrected chi connectivity index (χ1v) is 6.67. The fourth-order valence-corrected chi connectivity index (χ4v) is 2.00. The molecule has 0 saturated carbocycles. The number of carboxylic acids is 1. The maximum Gasteiger partial charge on any atom is 0.303 e. The smallest absolute Gasteiger partial charge is 0.303 e. The number of amides is 1. The number of aryl methyl sites for hydroxylation is 1. The maximum absolute atomic E-state index is 12.2. The molecule has 2 N–H and O–H groups in total. The minimum atomic E-state index is -0.865. The van der Waals surface area contributed by atoms with E-state index in [-0.39, 0.29) is 12.3 Å². The van der Waals surface area contributed by atoms with Gasteiger partial charge in [0.25, 0.3) is 5.91 Å². The fraction of sp³-hybridized carbons (Fsp3) is 0.267. The molecule has 0 radical (unpaired) electrons. The van der Waals surface area contributed by atoms with Gasteiger partial charge in [-0.1, -0.05) is 30.3 Å². The molecule has 2 rings (SSSR count). The lowest BCUT2D eigenvalue weighted by molar-refractivity contribution is -0.137. The topological polar surface area (TPSA) is 84.2 Å². The van der Waals surface area contributed by atoms with Crippen LogP contribution in [0.1, 0.15) is 23.2 Å². The molecule has 0 aliphatic rings. The maximum atomic E-state index is 12.2. The predicted molar refractivity (Wildman–Crippen MR) is 77.8 cm³/mol. The second kappa shape index (κ2) is 6.69. The van der Waals surface area contributed by atoms with Crippen LogP contribution in [0.25, 0.3) is 11.3 Å². The number of rotatable bonds is 6. The van der Waals surface area contributed by atoms with E-state index in [9.17, 15) is 9.59 Å². The van der Waals surface area contributed by atoms with Gasteiger partial charge in [0.05, 0.1) is 5.56 Å². The molecule has 2 aromatic rings. The van der Waals surface area contributed by atoms with E-state index in [2.05, 4.69) is 10.4 Å². The third-order valence-electron chi connectivity index (χ3n) is 2.97. The molecule has 0 saturated heterocycles. The van der Waals surface area contributed by atoms with E-state index >= 15 is 0 Å². The third-order valence-corrected chi connectivity index (χ3v) is 2.97. The molecule has 1 heterocycles. The summed E-state index contributed by atoms with van der Waals surface area (Å²) in [4.78, 5) is 22.6. The Balaban J connectivity index is 2.09. The van der Waals surface area contributed by atoms with Gasteiger partial charge < -0.3 is 10.4 Å². The van der Waals surface area contributed by atoms with Crippen LogP contribution in [0.5, 0.6) is 0 Å². The zero-order chi connectivity index (χ0) is 15.2. The summed E-state index contributed by atoms with van der Waals surface area (Å²) in [6, 6.07) is 9.46. The quantitative estimate of drug-likeness (QED) is 0.792. The van der Waals surface area contributed by atoms with Gasteiger partial charge in [0.2, 0.25) is 0 Å². The third kappa shape index (κ3) is 3.92. The van der Waals surface area contributed by atoms with Crippen LogP contribution in [-0.2, 0) is 11.8 Å². The second-order valence-electron chi connectivity index (χ2n) is 4.68. The predicted octanol–water partition coefficient (Wildman–Crippen LogP) is 1.68. The Labute approximate surface area is 122 Å². The van der Waals surface area contributed by atoms with Gasteiger partial charge in [-0.2, -0.15) is 5.10 Å². The summed E-state index contributed by atoms with van der Waals surface area (Å²) in [5.41, 5.74) is 1.97. The summed E-state index contributed by atoms with van der Waals surface area (Å²) >= 11 is 0. The summed E-state index contributed by atoms with van der Waals surface area (Å²) < 4.78 is 1.59. The van der Waals surface area contributed by atoms with Crippen LogP contribution >= 0.6 is 0 Å². The first kappa shape index (κ1) is 14.8. The molecule has 1 amide bonds. The van der Waals surface area contributed by atoms with Crippen molar-refractivity contribution in [2.45, 2.75) is 12.8 Å². The zero-order valence-electron chi connectivity index (χ0n) is 11.7. The van der Waals surface area contributed by atoms with Crippen molar-refractivity contribution in [3.05, 3.63) is 42.1 Å². The van der Waals surface area contributed by atoms with E-state index in [1.165, 1.54) is 0 Å². The first-order chi connectivity index (χ1) is 10.1. The lowest BCUT2D eigenvalue weighted by Crippen LogP contribution is -2.25. The molecule has 0 fully saturated rings. The molecule has 0 bridgehead atoms. The monoisotopic (exact) mass is 287 g/mol. The molecule has 6 nitrogen and oxygen atoms in total. The summed E-state index contributed by atoms with van der Waals surface area (Å²) in [5.74, 6) is -1.11. The first-order valence-electron chi connectivity index (χ1n) is 6.67. The number of carboxylic acid groups (broad SMARTS) is 1. The van der Waals surface area contributed by atoms with Gasteiger partial charge in [-0.15, -0.1) is 0 Å². The van der Waals surface area contributed by atoms with Crippen molar-refractivity contribution in [3.63, 3.8) is 0 Å². The molecule has 0 aliphatic heterocycles. The minimum Gasteiger partial charge on any atom is -0.481 e. The summed E-state index contributed by atoms with van der Waals surface area (Å²) in [7, 11) is 1.76. The molecular weight excluding hydrogens is 270 g/mol. The molecular formula is C15H17N3O3. The Hall–Kier alpha value is -2.63. The molecule has 0 atom stereocenters.